The van der Waals surface area contributed by atoms with Crippen molar-refractivity contribution in [1.29, 1.82) is 0 Å². The second-order valence-electron chi connectivity index (χ2n) is 4.23. The summed E-state index contributed by atoms with van der Waals surface area (Å²) in [6.45, 7) is 2.44. The zero-order valence-corrected chi connectivity index (χ0v) is 10.5. The summed E-state index contributed by atoms with van der Waals surface area (Å²) in [5.74, 6) is 0.0615. The monoisotopic (exact) mass is 248 g/mol. The molecule has 0 amide bonds. The van der Waals surface area contributed by atoms with Crippen LogP contribution in [-0.2, 0) is 31.4 Å². The van der Waals surface area contributed by atoms with Crippen molar-refractivity contribution in [3.05, 3.63) is 29.3 Å². The highest BCUT2D eigenvalue weighted by molar-refractivity contribution is 5.80. The van der Waals surface area contributed by atoms with Gasteiger partial charge < -0.3 is 5.73 Å². The lowest BCUT2D eigenvalue weighted by atomic mass is 10.2. The van der Waals surface area contributed by atoms with Gasteiger partial charge in [0.25, 0.3) is 0 Å². The lowest BCUT2D eigenvalue weighted by molar-refractivity contribution is -0.119. The molecule has 2 heterocycles. The Morgan fingerprint density at radius 2 is 2.28 bits per heavy atom. The van der Waals surface area contributed by atoms with Crippen LogP contribution in [-0.4, -0.2) is 30.6 Å². The Bertz CT molecular complexity index is 556. The number of rotatable bonds is 5. The second-order valence-corrected chi connectivity index (χ2v) is 4.23. The van der Waals surface area contributed by atoms with E-state index in [1.165, 1.54) is 4.68 Å². The Kier molecular flexibility index (Phi) is 3.52. The zero-order valence-electron chi connectivity index (χ0n) is 10.5. The molecule has 0 aliphatic rings. The molecule has 0 aliphatic heterocycles. The van der Waals surface area contributed by atoms with Crippen LogP contribution in [0.5, 0.6) is 0 Å². The molecule has 18 heavy (non-hydrogen) atoms. The van der Waals surface area contributed by atoms with Gasteiger partial charge >= 0.3 is 0 Å². The van der Waals surface area contributed by atoms with Crippen molar-refractivity contribution in [2.24, 2.45) is 12.8 Å². The van der Waals surface area contributed by atoms with Crippen LogP contribution in [0.2, 0.25) is 0 Å². The standard InChI is InChI=1S/C11H16N6O/c1-8-3-10(16(2)14-8)4-11(18)7-17-6-9(5-12)13-15-17/h3,6H,4-5,7,12H2,1-2H3. The predicted octanol–water partition coefficient (Wildman–Crippen LogP) is -0.409. The molecule has 0 saturated heterocycles. The number of carbonyl (C=O) groups is 1. The third kappa shape index (κ3) is 2.80. The van der Waals surface area contributed by atoms with E-state index in [1.54, 1.807) is 10.9 Å². The lowest BCUT2D eigenvalue weighted by Crippen LogP contribution is -2.15. The molecule has 0 atom stereocenters. The van der Waals surface area contributed by atoms with Gasteiger partial charge in [-0.05, 0) is 13.0 Å². The van der Waals surface area contributed by atoms with Gasteiger partial charge in [-0.1, -0.05) is 5.21 Å². The molecular formula is C11H16N6O. The van der Waals surface area contributed by atoms with Gasteiger partial charge in [-0.15, -0.1) is 5.10 Å². The molecule has 2 N–H and O–H groups in total. The van der Waals surface area contributed by atoms with Gasteiger partial charge in [0.15, 0.2) is 5.78 Å². The number of Topliss-reactive ketones (excluding diaryl/α,β-unsaturated/α-hetero) is 1. The number of carbonyl (C=O) groups excluding carboxylic acids is 1. The number of nitrogens with two attached hydrogens (primary N) is 1. The highest BCUT2D eigenvalue weighted by atomic mass is 16.1. The van der Waals surface area contributed by atoms with Gasteiger partial charge in [0.2, 0.25) is 0 Å². The summed E-state index contributed by atoms with van der Waals surface area (Å²) >= 11 is 0. The smallest absolute Gasteiger partial charge is 0.160 e. The minimum atomic E-state index is 0.0615. The topological polar surface area (TPSA) is 91.6 Å². The summed E-state index contributed by atoms with van der Waals surface area (Å²) < 4.78 is 3.23. The number of hydrogen-bond acceptors (Lipinski definition) is 5. The van der Waals surface area contributed by atoms with Gasteiger partial charge in [0, 0.05) is 19.3 Å². The van der Waals surface area contributed by atoms with E-state index in [-0.39, 0.29) is 12.3 Å². The van der Waals surface area contributed by atoms with Crippen molar-refractivity contribution < 1.29 is 4.79 Å². The van der Waals surface area contributed by atoms with E-state index in [0.717, 1.165) is 11.4 Å². The third-order valence-electron chi connectivity index (χ3n) is 2.61. The first-order valence-electron chi connectivity index (χ1n) is 5.69. The summed E-state index contributed by atoms with van der Waals surface area (Å²) in [5, 5.41) is 11.9. The first kappa shape index (κ1) is 12.4. The van der Waals surface area contributed by atoms with Gasteiger partial charge in [-0.25, -0.2) is 4.68 Å². The fourth-order valence-electron chi connectivity index (χ4n) is 1.78. The molecule has 2 rings (SSSR count). The number of nitrogens with zero attached hydrogens (tertiary/aromatic N) is 5. The van der Waals surface area contributed by atoms with Crippen molar-refractivity contribution >= 4 is 5.78 Å². The van der Waals surface area contributed by atoms with Crippen LogP contribution in [0.15, 0.2) is 12.3 Å². The lowest BCUT2D eigenvalue weighted by Gasteiger charge is -2.01. The van der Waals surface area contributed by atoms with Crippen LogP contribution in [0, 0.1) is 6.92 Å². The number of aryl methyl sites for hydroxylation is 2. The molecule has 0 spiro atoms. The second kappa shape index (κ2) is 5.09. The van der Waals surface area contributed by atoms with Crippen LogP contribution in [0.25, 0.3) is 0 Å². The van der Waals surface area contributed by atoms with Crippen LogP contribution < -0.4 is 5.73 Å². The molecule has 7 nitrogen and oxygen atoms in total. The normalized spacial score (nSPS) is 10.8. The van der Waals surface area contributed by atoms with E-state index in [1.807, 2.05) is 20.0 Å². The van der Waals surface area contributed by atoms with Crippen molar-refractivity contribution in [1.82, 2.24) is 24.8 Å². The average molecular weight is 248 g/mol. The van der Waals surface area contributed by atoms with Crippen LogP contribution in [0.4, 0.5) is 0 Å². The molecule has 2 aromatic rings. The van der Waals surface area contributed by atoms with Crippen LogP contribution in [0.3, 0.4) is 0 Å². The fourth-order valence-corrected chi connectivity index (χ4v) is 1.78. The molecule has 0 aliphatic carbocycles. The van der Waals surface area contributed by atoms with Crippen molar-refractivity contribution in [3.8, 4) is 0 Å². The van der Waals surface area contributed by atoms with E-state index in [0.29, 0.717) is 18.7 Å². The number of aromatic nitrogens is 5. The summed E-state index contributed by atoms with van der Waals surface area (Å²) in [7, 11) is 1.83. The van der Waals surface area contributed by atoms with Gasteiger partial charge in [0.05, 0.1) is 24.0 Å². The SMILES string of the molecule is Cc1cc(CC(=O)Cn2cc(CN)nn2)n(C)n1. The van der Waals surface area contributed by atoms with E-state index in [4.69, 9.17) is 5.73 Å². The van der Waals surface area contributed by atoms with Crippen LogP contribution in [0.1, 0.15) is 17.1 Å². The maximum absolute atomic E-state index is 11.9. The van der Waals surface area contributed by atoms with Gasteiger partial charge in [0.1, 0.15) is 6.54 Å². The highest BCUT2D eigenvalue weighted by Gasteiger charge is 2.10. The molecule has 2 aromatic heterocycles. The molecule has 0 saturated carbocycles. The summed E-state index contributed by atoms with van der Waals surface area (Å²) in [5.41, 5.74) is 7.92. The highest BCUT2D eigenvalue weighted by Crippen LogP contribution is 2.04. The molecule has 0 fully saturated rings. The van der Waals surface area contributed by atoms with E-state index >= 15 is 0 Å². The molecule has 96 valence electrons. The molecule has 7 heteroatoms. The zero-order chi connectivity index (χ0) is 13.1. The third-order valence-corrected chi connectivity index (χ3v) is 2.61. The van der Waals surface area contributed by atoms with Gasteiger partial charge in [-0.2, -0.15) is 5.10 Å². The Balaban J connectivity index is 1.98. The maximum Gasteiger partial charge on any atom is 0.160 e. The molecule has 0 aromatic carbocycles. The Hall–Kier alpha value is -2.02. The Morgan fingerprint density at radius 3 is 2.83 bits per heavy atom. The first-order valence-corrected chi connectivity index (χ1v) is 5.69. The molecule has 0 unspecified atom stereocenters. The number of hydrogen-bond donors (Lipinski definition) is 1. The minimum Gasteiger partial charge on any atom is -0.325 e. The van der Waals surface area contributed by atoms with E-state index in [9.17, 15) is 4.79 Å². The fraction of sp³-hybridized carbons (Fsp3) is 0.455. The largest absolute Gasteiger partial charge is 0.325 e. The molecule has 0 radical (unpaired) electrons. The maximum atomic E-state index is 11.9. The van der Waals surface area contributed by atoms with Crippen LogP contribution >= 0.6 is 0 Å². The first-order chi connectivity index (χ1) is 8.58. The van der Waals surface area contributed by atoms with Crippen molar-refractivity contribution in [2.45, 2.75) is 26.4 Å². The van der Waals surface area contributed by atoms with Gasteiger partial charge in [-0.3, -0.25) is 9.48 Å². The average Bonchev–Trinajstić information content (AvgIpc) is 2.86. The number of ketones is 1. The minimum absolute atomic E-state index is 0.0615. The summed E-state index contributed by atoms with van der Waals surface area (Å²) in [4.78, 5) is 11.9. The summed E-state index contributed by atoms with van der Waals surface area (Å²) in [6.07, 6.45) is 2.03. The van der Waals surface area contributed by atoms with Crippen molar-refractivity contribution in [2.75, 3.05) is 0 Å². The Morgan fingerprint density at radius 1 is 1.50 bits per heavy atom. The Labute approximate surface area is 105 Å². The quantitative estimate of drug-likeness (QED) is 0.776. The van der Waals surface area contributed by atoms with Crippen molar-refractivity contribution in [3.63, 3.8) is 0 Å². The van der Waals surface area contributed by atoms with E-state index in [2.05, 4.69) is 15.4 Å². The molecule has 0 bridgehead atoms. The summed E-state index contributed by atoms with van der Waals surface area (Å²) in [6, 6.07) is 1.91. The predicted molar refractivity (Wildman–Crippen MR) is 64.6 cm³/mol. The molecular weight excluding hydrogens is 232 g/mol. The van der Waals surface area contributed by atoms with E-state index < -0.39 is 0 Å².